The van der Waals surface area contributed by atoms with Crippen LogP contribution in [0.3, 0.4) is 0 Å². The van der Waals surface area contributed by atoms with Crippen LogP contribution in [0.25, 0.3) is 0 Å². The van der Waals surface area contributed by atoms with E-state index >= 15 is 0 Å². The van der Waals surface area contributed by atoms with Gasteiger partial charge in [0.15, 0.2) is 0 Å². The number of nitrogens with one attached hydrogen (secondary N) is 1. The summed E-state index contributed by atoms with van der Waals surface area (Å²) in [6.45, 7) is 10.1. The summed E-state index contributed by atoms with van der Waals surface area (Å²) in [4.78, 5) is 2.53. The maximum absolute atomic E-state index is 3.52. The molecule has 1 aromatic rings. The Morgan fingerprint density at radius 2 is 1.75 bits per heavy atom. The predicted octanol–water partition coefficient (Wildman–Crippen LogP) is 3.60. The lowest BCUT2D eigenvalue weighted by molar-refractivity contribution is 0.212. The van der Waals surface area contributed by atoms with Crippen LogP contribution in [0.15, 0.2) is 12.1 Å². The molecule has 2 atom stereocenters. The molecule has 2 heteroatoms. The van der Waals surface area contributed by atoms with Gasteiger partial charge in [0.1, 0.15) is 0 Å². The van der Waals surface area contributed by atoms with E-state index in [2.05, 4.69) is 64.1 Å². The third kappa shape index (κ3) is 3.42. The second-order valence-corrected chi connectivity index (χ2v) is 6.67. The summed E-state index contributed by atoms with van der Waals surface area (Å²) in [5.74, 6) is 0.928. The summed E-state index contributed by atoms with van der Waals surface area (Å²) in [6.07, 6.45) is 2.83. The first-order chi connectivity index (χ1) is 9.43. The van der Waals surface area contributed by atoms with Crippen molar-refractivity contribution in [1.82, 2.24) is 10.2 Å². The average molecular weight is 274 g/mol. The van der Waals surface area contributed by atoms with E-state index in [4.69, 9.17) is 0 Å². The molecule has 1 saturated carbocycles. The summed E-state index contributed by atoms with van der Waals surface area (Å²) >= 11 is 0. The molecule has 0 spiro atoms. The molecule has 1 aromatic carbocycles. The number of aryl methyl sites for hydroxylation is 3. The van der Waals surface area contributed by atoms with Crippen molar-refractivity contribution in [3.05, 3.63) is 34.4 Å². The maximum Gasteiger partial charge on any atom is 0.0452 e. The molecule has 2 unspecified atom stereocenters. The number of likely N-dealkylation sites (N-methyl/N-ethyl adjacent to an activating group) is 2. The molecule has 1 aliphatic rings. The standard InChI is InChI=1S/C18H30N2/c1-12-9-13(2)18(14(3)10-12)17(19-5)11-20(6)15(4)16-7-8-16/h9-10,15-17,19H,7-8,11H2,1-6H3. The quantitative estimate of drug-likeness (QED) is 0.852. The normalized spacial score (nSPS) is 18.4. The fourth-order valence-electron chi connectivity index (χ4n) is 3.46. The van der Waals surface area contributed by atoms with E-state index in [1.165, 1.54) is 35.1 Å². The van der Waals surface area contributed by atoms with Gasteiger partial charge in [-0.1, -0.05) is 17.7 Å². The Labute approximate surface area is 124 Å². The van der Waals surface area contributed by atoms with E-state index in [-0.39, 0.29) is 0 Å². The SMILES string of the molecule is CNC(CN(C)C(C)C1CC1)c1c(C)cc(C)cc1C. The fourth-order valence-corrected chi connectivity index (χ4v) is 3.46. The topological polar surface area (TPSA) is 15.3 Å². The molecule has 0 bridgehead atoms. The first-order valence-corrected chi connectivity index (χ1v) is 7.89. The van der Waals surface area contributed by atoms with Crippen LogP contribution < -0.4 is 5.32 Å². The van der Waals surface area contributed by atoms with E-state index in [1.807, 2.05) is 0 Å². The third-order valence-electron chi connectivity index (χ3n) is 4.90. The minimum absolute atomic E-state index is 0.418. The third-order valence-corrected chi connectivity index (χ3v) is 4.90. The molecule has 0 aromatic heterocycles. The molecular formula is C18H30N2. The fraction of sp³-hybridized carbons (Fsp3) is 0.667. The summed E-state index contributed by atoms with van der Waals surface area (Å²) in [6, 6.07) is 5.73. The van der Waals surface area contributed by atoms with Gasteiger partial charge in [0.05, 0.1) is 0 Å². The number of hydrogen-bond donors (Lipinski definition) is 1. The molecule has 20 heavy (non-hydrogen) atoms. The molecule has 112 valence electrons. The van der Waals surface area contributed by atoms with Gasteiger partial charge in [-0.15, -0.1) is 0 Å². The number of benzene rings is 1. The van der Waals surface area contributed by atoms with Gasteiger partial charge in [-0.05, 0) is 77.2 Å². The van der Waals surface area contributed by atoms with E-state index < -0.39 is 0 Å². The molecule has 0 heterocycles. The van der Waals surface area contributed by atoms with Crippen LogP contribution in [0.2, 0.25) is 0 Å². The zero-order valence-corrected chi connectivity index (χ0v) is 14.0. The molecule has 0 aliphatic heterocycles. The molecular weight excluding hydrogens is 244 g/mol. The minimum Gasteiger partial charge on any atom is -0.312 e. The summed E-state index contributed by atoms with van der Waals surface area (Å²) < 4.78 is 0. The lowest BCUT2D eigenvalue weighted by atomic mass is 9.93. The molecule has 0 amide bonds. The summed E-state index contributed by atoms with van der Waals surface area (Å²) in [5, 5.41) is 3.52. The Hall–Kier alpha value is -0.860. The van der Waals surface area contributed by atoms with Crippen molar-refractivity contribution in [2.24, 2.45) is 5.92 Å². The van der Waals surface area contributed by atoms with Gasteiger partial charge in [0.25, 0.3) is 0 Å². The second kappa shape index (κ2) is 6.28. The maximum atomic E-state index is 3.52. The summed E-state index contributed by atoms with van der Waals surface area (Å²) in [5.41, 5.74) is 5.66. The molecule has 2 rings (SSSR count). The second-order valence-electron chi connectivity index (χ2n) is 6.67. The van der Waals surface area contributed by atoms with Crippen molar-refractivity contribution >= 4 is 0 Å². The van der Waals surface area contributed by atoms with Crippen LogP contribution >= 0.6 is 0 Å². The van der Waals surface area contributed by atoms with Crippen LogP contribution in [0, 0.1) is 26.7 Å². The van der Waals surface area contributed by atoms with Crippen molar-refractivity contribution in [2.45, 2.75) is 52.6 Å². The zero-order valence-electron chi connectivity index (χ0n) is 14.0. The Morgan fingerprint density at radius 1 is 1.20 bits per heavy atom. The summed E-state index contributed by atoms with van der Waals surface area (Å²) in [7, 11) is 4.35. The molecule has 0 radical (unpaired) electrons. The monoisotopic (exact) mass is 274 g/mol. The van der Waals surface area contributed by atoms with Gasteiger partial charge in [-0.3, -0.25) is 0 Å². The smallest absolute Gasteiger partial charge is 0.0452 e. The average Bonchev–Trinajstić information content (AvgIpc) is 3.19. The van der Waals surface area contributed by atoms with Crippen LogP contribution in [0.1, 0.15) is 48.1 Å². The van der Waals surface area contributed by atoms with Crippen molar-refractivity contribution in [3.8, 4) is 0 Å². The van der Waals surface area contributed by atoms with Crippen LogP contribution in [-0.2, 0) is 0 Å². The first-order valence-electron chi connectivity index (χ1n) is 7.89. The van der Waals surface area contributed by atoms with Crippen molar-refractivity contribution in [1.29, 1.82) is 0 Å². The van der Waals surface area contributed by atoms with Gasteiger partial charge in [-0.25, -0.2) is 0 Å². The van der Waals surface area contributed by atoms with Gasteiger partial charge < -0.3 is 10.2 Å². The zero-order chi connectivity index (χ0) is 14.9. The van der Waals surface area contributed by atoms with Gasteiger partial charge >= 0.3 is 0 Å². The van der Waals surface area contributed by atoms with Crippen LogP contribution in [0.4, 0.5) is 0 Å². The van der Waals surface area contributed by atoms with Crippen molar-refractivity contribution < 1.29 is 0 Å². The van der Waals surface area contributed by atoms with Crippen LogP contribution in [-0.4, -0.2) is 31.6 Å². The predicted molar refractivity (Wildman–Crippen MR) is 87.3 cm³/mol. The largest absolute Gasteiger partial charge is 0.312 e. The van der Waals surface area contributed by atoms with E-state index in [9.17, 15) is 0 Å². The molecule has 2 nitrogen and oxygen atoms in total. The van der Waals surface area contributed by atoms with E-state index in [1.54, 1.807) is 0 Å². The number of hydrogen-bond acceptors (Lipinski definition) is 2. The Morgan fingerprint density at radius 3 is 2.20 bits per heavy atom. The van der Waals surface area contributed by atoms with Gasteiger partial charge in [-0.2, -0.15) is 0 Å². The van der Waals surface area contributed by atoms with Gasteiger partial charge in [0, 0.05) is 18.6 Å². The Kier molecular flexibility index (Phi) is 4.87. The molecule has 1 N–H and O–H groups in total. The molecule has 0 saturated heterocycles. The highest BCUT2D eigenvalue weighted by Crippen LogP contribution is 2.35. The van der Waals surface area contributed by atoms with Crippen molar-refractivity contribution in [3.63, 3.8) is 0 Å². The number of nitrogens with zero attached hydrogens (tertiary/aromatic N) is 1. The highest BCUT2D eigenvalue weighted by Gasteiger charge is 2.31. The first kappa shape index (κ1) is 15.5. The van der Waals surface area contributed by atoms with Crippen molar-refractivity contribution in [2.75, 3.05) is 20.6 Å². The lowest BCUT2D eigenvalue weighted by Crippen LogP contribution is -2.38. The highest BCUT2D eigenvalue weighted by atomic mass is 15.2. The van der Waals surface area contributed by atoms with E-state index in [0.717, 1.165) is 12.5 Å². The molecule has 1 fully saturated rings. The minimum atomic E-state index is 0.418. The highest BCUT2D eigenvalue weighted by molar-refractivity contribution is 5.39. The van der Waals surface area contributed by atoms with Gasteiger partial charge in [0.2, 0.25) is 0 Å². The Balaban J connectivity index is 2.15. The van der Waals surface area contributed by atoms with E-state index in [0.29, 0.717) is 12.1 Å². The van der Waals surface area contributed by atoms with Crippen LogP contribution in [0.5, 0.6) is 0 Å². The number of rotatable bonds is 6. The Bertz CT molecular complexity index is 439. The molecule has 1 aliphatic carbocycles. The lowest BCUT2D eigenvalue weighted by Gasteiger charge is -2.31.